The standard InChI is InChI=1S/C17H15Cl2NO3S/c1-23-17(21)11-6-5-10-7-8-14(12(10)9-11)20-24(22)15-4-2-3-13(18)16(15)19/h2-6,9,14,20H,7-8H2,1H3. The summed E-state index contributed by atoms with van der Waals surface area (Å²) in [4.78, 5) is 12.2. The second-order valence-corrected chi connectivity index (χ2v) is 7.43. The lowest BCUT2D eigenvalue weighted by Crippen LogP contribution is -2.22. The van der Waals surface area contributed by atoms with Crippen LogP contribution >= 0.6 is 23.2 Å². The van der Waals surface area contributed by atoms with Crippen molar-refractivity contribution in [3.05, 3.63) is 63.1 Å². The molecule has 3 rings (SSSR count). The van der Waals surface area contributed by atoms with Crippen LogP contribution in [0.15, 0.2) is 41.3 Å². The minimum atomic E-state index is -1.50. The molecule has 1 N–H and O–H groups in total. The molecule has 24 heavy (non-hydrogen) atoms. The van der Waals surface area contributed by atoms with Crippen molar-refractivity contribution in [1.82, 2.24) is 4.72 Å². The Kier molecular flexibility index (Phi) is 5.25. The first-order chi connectivity index (χ1) is 11.5. The van der Waals surface area contributed by atoms with Crippen LogP contribution in [0, 0.1) is 0 Å². The topological polar surface area (TPSA) is 55.4 Å². The van der Waals surface area contributed by atoms with Gasteiger partial charge in [0.1, 0.15) is 11.0 Å². The molecule has 2 aromatic carbocycles. The second-order valence-electron chi connectivity index (χ2n) is 5.43. The van der Waals surface area contributed by atoms with E-state index < -0.39 is 11.0 Å². The molecule has 0 aliphatic heterocycles. The first-order valence-electron chi connectivity index (χ1n) is 7.34. The van der Waals surface area contributed by atoms with Crippen LogP contribution in [0.5, 0.6) is 0 Å². The van der Waals surface area contributed by atoms with Gasteiger partial charge in [0.05, 0.1) is 27.6 Å². The van der Waals surface area contributed by atoms with E-state index in [1.54, 1.807) is 30.3 Å². The molecule has 2 atom stereocenters. The summed E-state index contributed by atoms with van der Waals surface area (Å²) in [5.41, 5.74) is 2.58. The van der Waals surface area contributed by atoms with Crippen LogP contribution in [0.3, 0.4) is 0 Å². The molecule has 0 heterocycles. The number of benzene rings is 2. The van der Waals surface area contributed by atoms with E-state index in [0.29, 0.717) is 15.5 Å². The van der Waals surface area contributed by atoms with Gasteiger partial charge in [-0.25, -0.2) is 13.7 Å². The third-order valence-electron chi connectivity index (χ3n) is 4.01. The van der Waals surface area contributed by atoms with Gasteiger partial charge in [-0.1, -0.05) is 35.3 Å². The highest BCUT2D eigenvalue weighted by atomic mass is 35.5. The fourth-order valence-electron chi connectivity index (χ4n) is 2.79. The number of hydrogen-bond acceptors (Lipinski definition) is 3. The van der Waals surface area contributed by atoms with E-state index in [1.165, 1.54) is 7.11 Å². The quantitative estimate of drug-likeness (QED) is 0.809. The third kappa shape index (κ3) is 3.35. The number of methoxy groups -OCH3 is 1. The Morgan fingerprint density at radius 2 is 2.08 bits per heavy atom. The summed E-state index contributed by atoms with van der Waals surface area (Å²) in [7, 11) is -0.155. The van der Waals surface area contributed by atoms with E-state index in [2.05, 4.69) is 4.72 Å². The number of hydrogen-bond donors (Lipinski definition) is 1. The van der Waals surface area contributed by atoms with E-state index >= 15 is 0 Å². The summed E-state index contributed by atoms with van der Waals surface area (Å²) in [5.74, 6) is -0.387. The van der Waals surface area contributed by atoms with Crippen molar-refractivity contribution >= 4 is 40.2 Å². The lowest BCUT2D eigenvalue weighted by atomic mass is 10.0. The highest BCUT2D eigenvalue weighted by molar-refractivity contribution is 7.83. The Hall–Kier alpha value is -1.40. The number of halogens is 2. The smallest absolute Gasteiger partial charge is 0.337 e. The maximum atomic E-state index is 12.6. The van der Waals surface area contributed by atoms with Gasteiger partial charge in [-0.05, 0) is 48.2 Å². The zero-order chi connectivity index (χ0) is 17.3. The zero-order valence-electron chi connectivity index (χ0n) is 12.8. The van der Waals surface area contributed by atoms with Gasteiger partial charge in [0.15, 0.2) is 0 Å². The van der Waals surface area contributed by atoms with E-state index in [1.807, 2.05) is 6.07 Å². The van der Waals surface area contributed by atoms with Crippen LogP contribution in [-0.2, 0) is 22.1 Å². The van der Waals surface area contributed by atoms with Crippen LogP contribution in [0.4, 0.5) is 0 Å². The van der Waals surface area contributed by atoms with Crippen LogP contribution in [0.1, 0.15) is 33.9 Å². The Bertz CT molecular complexity index is 825. The van der Waals surface area contributed by atoms with Gasteiger partial charge in [-0.15, -0.1) is 0 Å². The molecule has 7 heteroatoms. The fraction of sp³-hybridized carbons (Fsp3) is 0.235. The van der Waals surface area contributed by atoms with E-state index in [9.17, 15) is 9.00 Å². The first-order valence-corrected chi connectivity index (χ1v) is 9.25. The molecule has 0 bridgehead atoms. The van der Waals surface area contributed by atoms with Crippen molar-refractivity contribution in [2.45, 2.75) is 23.8 Å². The monoisotopic (exact) mass is 383 g/mol. The van der Waals surface area contributed by atoms with Crippen LogP contribution in [0.25, 0.3) is 0 Å². The molecule has 1 aliphatic rings. The molecule has 126 valence electrons. The third-order valence-corrected chi connectivity index (χ3v) is 6.18. The number of fused-ring (bicyclic) bond motifs is 1. The Labute approximate surface area is 152 Å². The molecule has 4 nitrogen and oxygen atoms in total. The Balaban J connectivity index is 1.85. The number of carbonyl (C=O) groups excluding carboxylic acids is 1. The van der Waals surface area contributed by atoms with Crippen molar-refractivity contribution in [3.63, 3.8) is 0 Å². The van der Waals surface area contributed by atoms with Crippen molar-refractivity contribution in [3.8, 4) is 0 Å². The normalized spacial score (nSPS) is 17.4. The van der Waals surface area contributed by atoms with Gasteiger partial charge in [0, 0.05) is 6.04 Å². The van der Waals surface area contributed by atoms with Gasteiger partial charge >= 0.3 is 5.97 Å². The summed E-state index contributed by atoms with van der Waals surface area (Å²) in [5, 5.41) is 0.649. The number of esters is 1. The molecule has 0 aromatic heterocycles. The number of ether oxygens (including phenoxy) is 1. The first kappa shape index (κ1) is 17.4. The number of carbonyl (C=O) groups is 1. The molecular formula is C17H15Cl2NO3S. The molecule has 0 fully saturated rings. The highest BCUT2D eigenvalue weighted by Crippen LogP contribution is 2.34. The van der Waals surface area contributed by atoms with Gasteiger partial charge in [0.2, 0.25) is 0 Å². The summed E-state index contributed by atoms with van der Waals surface area (Å²) >= 11 is 12.1. The molecule has 0 radical (unpaired) electrons. The number of nitrogens with one attached hydrogen (secondary N) is 1. The zero-order valence-corrected chi connectivity index (χ0v) is 15.2. The Morgan fingerprint density at radius 1 is 1.29 bits per heavy atom. The number of aryl methyl sites for hydroxylation is 1. The molecule has 0 amide bonds. The summed E-state index contributed by atoms with van der Waals surface area (Å²) in [6.45, 7) is 0. The molecule has 2 aromatic rings. The van der Waals surface area contributed by atoms with E-state index in [0.717, 1.165) is 24.0 Å². The average Bonchev–Trinajstić information content (AvgIpc) is 2.98. The summed E-state index contributed by atoms with van der Waals surface area (Å²) in [6, 6.07) is 10.4. The fourth-order valence-corrected chi connectivity index (χ4v) is 4.46. The van der Waals surface area contributed by atoms with Crippen molar-refractivity contribution < 1.29 is 13.7 Å². The number of rotatable bonds is 4. The predicted octanol–water partition coefficient (Wildman–Crippen LogP) is 4.08. The molecule has 0 saturated carbocycles. The predicted molar refractivity (Wildman–Crippen MR) is 94.8 cm³/mol. The summed E-state index contributed by atoms with van der Waals surface area (Å²) < 4.78 is 20.5. The summed E-state index contributed by atoms with van der Waals surface area (Å²) in [6.07, 6.45) is 1.65. The lowest BCUT2D eigenvalue weighted by Gasteiger charge is -2.15. The van der Waals surface area contributed by atoms with Crippen molar-refractivity contribution in [2.24, 2.45) is 0 Å². The van der Waals surface area contributed by atoms with Gasteiger partial charge in [0.25, 0.3) is 0 Å². The van der Waals surface area contributed by atoms with Crippen molar-refractivity contribution in [1.29, 1.82) is 0 Å². The lowest BCUT2D eigenvalue weighted by molar-refractivity contribution is 0.0600. The Morgan fingerprint density at radius 3 is 2.83 bits per heavy atom. The molecule has 1 aliphatic carbocycles. The highest BCUT2D eigenvalue weighted by Gasteiger charge is 2.26. The minimum Gasteiger partial charge on any atom is -0.465 e. The average molecular weight is 384 g/mol. The van der Waals surface area contributed by atoms with Crippen LogP contribution in [-0.4, -0.2) is 17.3 Å². The molecule has 0 spiro atoms. The second kappa shape index (κ2) is 7.23. The van der Waals surface area contributed by atoms with E-state index in [4.69, 9.17) is 27.9 Å². The largest absolute Gasteiger partial charge is 0.465 e. The SMILES string of the molecule is COC(=O)c1ccc2c(c1)C(NS(=O)c1cccc(Cl)c1Cl)CC2. The van der Waals surface area contributed by atoms with E-state index in [-0.39, 0.29) is 17.0 Å². The van der Waals surface area contributed by atoms with Crippen LogP contribution < -0.4 is 4.72 Å². The molecule has 0 saturated heterocycles. The van der Waals surface area contributed by atoms with Gasteiger partial charge in [-0.2, -0.15) is 0 Å². The van der Waals surface area contributed by atoms with Gasteiger partial charge < -0.3 is 4.74 Å². The molecular weight excluding hydrogens is 369 g/mol. The maximum Gasteiger partial charge on any atom is 0.337 e. The van der Waals surface area contributed by atoms with Crippen molar-refractivity contribution in [2.75, 3.05) is 7.11 Å². The minimum absolute atomic E-state index is 0.125. The van der Waals surface area contributed by atoms with Gasteiger partial charge in [-0.3, -0.25) is 0 Å². The van der Waals surface area contributed by atoms with Crippen LogP contribution in [0.2, 0.25) is 10.0 Å². The maximum absolute atomic E-state index is 12.6. The molecule has 2 unspecified atom stereocenters.